The Kier molecular flexibility index (Phi) is 27.9. The summed E-state index contributed by atoms with van der Waals surface area (Å²) in [5.41, 5.74) is 0. The van der Waals surface area contributed by atoms with Gasteiger partial charge < -0.3 is 15.3 Å². The molecule has 3 nitrogen and oxygen atoms in total. The number of rotatable bonds is 21. The maximum absolute atomic E-state index is 9.70. The van der Waals surface area contributed by atoms with Crippen LogP contribution < -0.4 is 0 Å². The molecular formula is C34H50O3. The zero-order valence-electron chi connectivity index (χ0n) is 23.0. The van der Waals surface area contributed by atoms with Gasteiger partial charge in [0.2, 0.25) is 0 Å². The minimum Gasteiger partial charge on any atom is -0.384 e. The van der Waals surface area contributed by atoms with Crippen molar-refractivity contribution in [3.05, 3.63) is 24.3 Å². The van der Waals surface area contributed by atoms with Gasteiger partial charge >= 0.3 is 0 Å². The van der Waals surface area contributed by atoms with E-state index in [-0.39, 0.29) is 6.61 Å². The molecule has 3 heteroatoms. The molecule has 0 aliphatic carbocycles. The lowest BCUT2D eigenvalue weighted by Crippen LogP contribution is -2.01. The number of aliphatic hydroxyl groups excluding tert-OH is 3. The van der Waals surface area contributed by atoms with Crippen LogP contribution in [-0.4, -0.2) is 34.1 Å². The molecule has 0 aromatic heterocycles. The van der Waals surface area contributed by atoms with Crippen LogP contribution in [0.1, 0.15) is 122 Å². The smallest absolute Gasteiger partial charge is 0.133 e. The fraction of sp³-hybridized carbons (Fsp3) is 0.647. The van der Waals surface area contributed by atoms with E-state index < -0.39 is 12.2 Å². The second kappa shape index (κ2) is 29.8. The van der Waals surface area contributed by atoms with Gasteiger partial charge in [-0.15, -0.1) is 18.3 Å². The molecule has 37 heavy (non-hydrogen) atoms. The van der Waals surface area contributed by atoms with Gasteiger partial charge in [0.1, 0.15) is 18.8 Å². The summed E-state index contributed by atoms with van der Waals surface area (Å²) in [5.74, 6) is 19.0. The molecule has 0 aliphatic rings. The van der Waals surface area contributed by atoms with Gasteiger partial charge in [-0.3, -0.25) is 0 Å². The molecular weight excluding hydrogens is 456 g/mol. The first kappa shape index (κ1) is 34.6. The lowest BCUT2D eigenvalue weighted by Gasteiger charge is -2.01. The zero-order chi connectivity index (χ0) is 27.1. The summed E-state index contributed by atoms with van der Waals surface area (Å²) in [6, 6.07) is 0. The van der Waals surface area contributed by atoms with E-state index in [9.17, 15) is 10.2 Å². The molecule has 0 amide bonds. The SMILES string of the molecule is C#C[C@@H](O)/C=C/CCCCCCCCCC/C=C/CCCCC#CCCCCC[C@@H](O)C#CC#CCO. The van der Waals surface area contributed by atoms with Gasteiger partial charge in [-0.1, -0.05) is 80.9 Å². The van der Waals surface area contributed by atoms with Gasteiger partial charge in [0, 0.05) is 12.8 Å². The third kappa shape index (κ3) is 29.7. The summed E-state index contributed by atoms with van der Waals surface area (Å²) in [6.45, 7) is -0.200. The molecule has 0 fully saturated rings. The van der Waals surface area contributed by atoms with Crippen molar-refractivity contribution in [2.24, 2.45) is 0 Å². The Morgan fingerprint density at radius 2 is 1.11 bits per heavy atom. The Morgan fingerprint density at radius 3 is 1.70 bits per heavy atom. The molecule has 0 aromatic rings. The lowest BCUT2D eigenvalue weighted by atomic mass is 10.1. The van der Waals surface area contributed by atoms with Gasteiger partial charge in [-0.05, 0) is 82.1 Å². The van der Waals surface area contributed by atoms with Gasteiger partial charge in [0.05, 0.1) is 0 Å². The van der Waals surface area contributed by atoms with Crippen LogP contribution >= 0.6 is 0 Å². The second-order valence-electron chi connectivity index (χ2n) is 9.36. The van der Waals surface area contributed by atoms with Gasteiger partial charge in [0.25, 0.3) is 0 Å². The predicted molar refractivity (Wildman–Crippen MR) is 157 cm³/mol. The van der Waals surface area contributed by atoms with Crippen LogP contribution in [0.3, 0.4) is 0 Å². The van der Waals surface area contributed by atoms with Crippen LogP contribution in [-0.2, 0) is 0 Å². The summed E-state index contributed by atoms with van der Waals surface area (Å²) in [7, 11) is 0. The zero-order valence-corrected chi connectivity index (χ0v) is 23.0. The Labute approximate surface area is 228 Å². The highest BCUT2D eigenvalue weighted by molar-refractivity contribution is 5.27. The maximum atomic E-state index is 9.70. The van der Waals surface area contributed by atoms with Crippen molar-refractivity contribution in [3.8, 4) is 47.9 Å². The van der Waals surface area contributed by atoms with Gasteiger partial charge in [-0.2, -0.15) is 0 Å². The van der Waals surface area contributed by atoms with E-state index in [1.165, 1.54) is 70.6 Å². The number of aliphatic hydroxyl groups is 3. The summed E-state index contributed by atoms with van der Waals surface area (Å²) >= 11 is 0. The van der Waals surface area contributed by atoms with E-state index in [0.29, 0.717) is 6.42 Å². The highest BCUT2D eigenvalue weighted by Crippen LogP contribution is 2.11. The van der Waals surface area contributed by atoms with Crippen molar-refractivity contribution in [1.82, 2.24) is 0 Å². The van der Waals surface area contributed by atoms with Crippen molar-refractivity contribution in [1.29, 1.82) is 0 Å². The van der Waals surface area contributed by atoms with E-state index in [4.69, 9.17) is 11.5 Å². The van der Waals surface area contributed by atoms with Crippen molar-refractivity contribution < 1.29 is 15.3 Å². The van der Waals surface area contributed by atoms with E-state index >= 15 is 0 Å². The number of terminal acetylenes is 1. The third-order valence-corrected chi connectivity index (χ3v) is 5.94. The van der Waals surface area contributed by atoms with Crippen molar-refractivity contribution in [2.45, 2.75) is 134 Å². The molecule has 0 saturated carbocycles. The molecule has 0 unspecified atom stereocenters. The van der Waals surface area contributed by atoms with Gasteiger partial charge in [0.15, 0.2) is 0 Å². The minimum absolute atomic E-state index is 0.200. The fourth-order valence-corrected chi connectivity index (χ4v) is 3.76. The number of unbranched alkanes of at least 4 members (excludes halogenated alkanes) is 15. The number of hydrogen-bond acceptors (Lipinski definition) is 3. The number of allylic oxidation sites excluding steroid dienone is 3. The number of hydrogen-bond donors (Lipinski definition) is 3. The van der Waals surface area contributed by atoms with Crippen molar-refractivity contribution in [3.63, 3.8) is 0 Å². The first-order valence-corrected chi connectivity index (χ1v) is 14.4. The van der Waals surface area contributed by atoms with Crippen LogP contribution in [0.15, 0.2) is 24.3 Å². The van der Waals surface area contributed by atoms with Crippen LogP contribution in [0.5, 0.6) is 0 Å². The molecule has 0 aliphatic heterocycles. The average molecular weight is 507 g/mol. The predicted octanol–water partition coefficient (Wildman–Crippen LogP) is 6.87. The summed E-state index contributed by atoms with van der Waals surface area (Å²) < 4.78 is 0. The van der Waals surface area contributed by atoms with Crippen molar-refractivity contribution in [2.75, 3.05) is 6.61 Å². The molecule has 0 radical (unpaired) electrons. The molecule has 0 rings (SSSR count). The summed E-state index contributed by atoms with van der Waals surface area (Å²) in [4.78, 5) is 0. The Morgan fingerprint density at radius 1 is 0.595 bits per heavy atom. The standard InChI is InChI=1S/C34H50O3/c1-2-33(36)29-25-22-20-18-16-14-12-10-8-6-4-3-5-7-9-11-13-15-17-19-21-23-26-30-34(37)31-27-24-28-32-35/h1,3,5,25,29,33-37H,4,6-14,16,18-23,26,30,32H2/b5-3+,29-25+/t33-,34-/m1/s1. The lowest BCUT2D eigenvalue weighted by molar-refractivity contribution is 0.217. The molecule has 204 valence electrons. The largest absolute Gasteiger partial charge is 0.384 e. The molecule has 0 heterocycles. The van der Waals surface area contributed by atoms with E-state index in [1.54, 1.807) is 6.08 Å². The summed E-state index contributed by atoms with van der Waals surface area (Å²) in [5, 5.41) is 27.4. The molecule has 0 aromatic carbocycles. The van der Waals surface area contributed by atoms with Crippen LogP contribution in [0.4, 0.5) is 0 Å². The quantitative estimate of drug-likeness (QED) is 0.0904. The third-order valence-electron chi connectivity index (χ3n) is 5.94. The van der Waals surface area contributed by atoms with Crippen LogP contribution in [0.25, 0.3) is 0 Å². The fourth-order valence-electron chi connectivity index (χ4n) is 3.76. The van der Waals surface area contributed by atoms with E-state index in [0.717, 1.165) is 44.9 Å². The Bertz CT molecular complexity index is 798. The minimum atomic E-state index is -0.728. The van der Waals surface area contributed by atoms with Crippen LogP contribution in [0.2, 0.25) is 0 Å². The first-order valence-electron chi connectivity index (χ1n) is 14.4. The van der Waals surface area contributed by atoms with E-state index in [2.05, 4.69) is 53.6 Å². The molecule has 3 N–H and O–H groups in total. The highest BCUT2D eigenvalue weighted by Gasteiger charge is 1.98. The average Bonchev–Trinajstić information content (AvgIpc) is 2.90. The maximum Gasteiger partial charge on any atom is 0.133 e. The second-order valence-corrected chi connectivity index (χ2v) is 9.36. The first-order chi connectivity index (χ1) is 18.2. The highest BCUT2D eigenvalue weighted by atomic mass is 16.3. The Hall–Kier alpha value is -2.40. The van der Waals surface area contributed by atoms with Gasteiger partial charge in [-0.25, -0.2) is 0 Å². The molecule has 0 saturated heterocycles. The monoisotopic (exact) mass is 506 g/mol. The summed E-state index contributed by atoms with van der Waals surface area (Å²) in [6.07, 6.45) is 34.0. The topological polar surface area (TPSA) is 60.7 Å². The molecule has 0 spiro atoms. The molecule has 0 bridgehead atoms. The van der Waals surface area contributed by atoms with Crippen molar-refractivity contribution >= 4 is 0 Å². The van der Waals surface area contributed by atoms with Crippen LogP contribution in [0, 0.1) is 47.9 Å². The normalized spacial score (nSPS) is 12.2. The van der Waals surface area contributed by atoms with E-state index in [1.807, 2.05) is 6.08 Å². The Balaban J connectivity index is 3.35. The molecule has 2 atom stereocenters.